The molecule has 0 saturated carbocycles. The van der Waals surface area contributed by atoms with Gasteiger partial charge >= 0.3 is 0 Å². The van der Waals surface area contributed by atoms with E-state index in [1.54, 1.807) is 0 Å². The zero-order chi connectivity index (χ0) is 13.9. The molecule has 5 heteroatoms. The van der Waals surface area contributed by atoms with Gasteiger partial charge in [0, 0.05) is 29.6 Å². The fourth-order valence-electron chi connectivity index (χ4n) is 3.11. The standard InChI is InChI=1S/C15H20BrN3O/c16-13-3-1-2-4-14(13)18-15(20)10-19-8-7-11-5-6-12(9-19)17-11/h1-4,11-12,17H,5-10H2,(H,18,20). The number of carbonyl (C=O) groups is 1. The van der Waals surface area contributed by atoms with Gasteiger partial charge in [0.1, 0.15) is 0 Å². The summed E-state index contributed by atoms with van der Waals surface area (Å²) in [5.41, 5.74) is 0.840. The van der Waals surface area contributed by atoms with Crippen molar-refractivity contribution in [2.45, 2.75) is 31.3 Å². The Labute approximate surface area is 128 Å². The Morgan fingerprint density at radius 3 is 2.95 bits per heavy atom. The first-order valence-electron chi connectivity index (χ1n) is 7.23. The number of para-hydroxylation sites is 1. The largest absolute Gasteiger partial charge is 0.324 e. The number of hydrogen-bond acceptors (Lipinski definition) is 3. The second kappa shape index (κ2) is 6.24. The van der Waals surface area contributed by atoms with Crippen LogP contribution < -0.4 is 10.6 Å². The molecule has 2 bridgehead atoms. The molecule has 2 aliphatic heterocycles. The SMILES string of the molecule is O=C(CN1CCC2CCC(C1)N2)Nc1ccccc1Br. The molecule has 2 N–H and O–H groups in total. The first-order valence-corrected chi connectivity index (χ1v) is 8.03. The third-order valence-corrected chi connectivity index (χ3v) is 4.81. The van der Waals surface area contributed by atoms with E-state index >= 15 is 0 Å². The molecule has 1 aromatic rings. The van der Waals surface area contributed by atoms with Crippen LogP contribution in [0.1, 0.15) is 19.3 Å². The summed E-state index contributed by atoms with van der Waals surface area (Å²) in [5, 5.41) is 6.61. The van der Waals surface area contributed by atoms with Crippen LogP contribution in [0, 0.1) is 0 Å². The van der Waals surface area contributed by atoms with Gasteiger partial charge in [0.25, 0.3) is 0 Å². The lowest BCUT2D eigenvalue weighted by Crippen LogP contribution is -2.39. The number of nitrogens with one attached hydrogen (secondary N) is 2. The van der Waals surface area contributed by atoms with Crippen LogP contribution in [0.5, 0.6) is 0 Å². The highest BCUT2D eigenvalue weighted by atomic mass is 79.9. The minimum Gasteiger partial charge on any atom is -0.324 e. The highest BCUT2D eigenvalue weighted by molar-refractivity contribution is 9.10. The molecule has 2 atom stereocenters. The number of nitrogens with zero attached hydrogens (tertiary/aromatic N) is 1. The van der Waals surface area contributed by atoms with E-state index in [1.807, 2.05) is 24.3 Å². The number of fused-ring (bicyclic) bond motifs is 2. The molecule has 2 aliphatic rings. The molecule has 108 valence electrons. The van der Waals surface area contributed by atoms with E-state index in [0.717, 1.165) is 29.7 Å². The summed E-state index contributed by atoms with van der Waals surface area (Å²) in [5.74, 6) is 0.0645. The number of anilines is 1. The van der Waals surface area contributed by atoms with Crippen molar-refractivity contribution in [3.8, 4) is 0 Å². The second-order valence-corrected chi connectivity index (χ2v) is 6.54. The first kappa shape index (κ1) is 14.0. The van der Waals surface area contributed by atoms with Crippen molar-refractivity contribution in [3.05, 3.63) is 28.7 Å². The third-order valence-electron chi connectivity index (χ3n) is 4.12. The van der Waals surface area contributed by atoms with E-state index in [2.05, 4.69) is 31.5 Å². The molecule has 0 spiro atoms. The Morgan fingerprint density at radius 2 is 2.10 bits per heavy atom. The number of likely N-dealkylation sites (tertiary alicyclic amines) is 1. The molecule has 0 radical (unpaired) electrons. The van der Waals surface area contributed by atoms with Gasteiger partial charge in [-0.1, -0.05) is 12.1 Å². The van der Waals surface area contributed by atoms with Crippen molar-refractivity contribution < 1.29 is 4.79 Å². The molecule has 0 aromatic heterocycles. The van der Waals surface area contributed by atoms with E-state index < -0.39 is 0 Å². The monoisotopic (exact) mass is 337 g/mol. The number of amides is 1. The molecule has 2 unspecified atom stereocenters. The van der Waals surface area contributed by atoms with Gasteiger partial charge in [0.2, 0.25) is 5.91 Å². The van der Waals surface area contributed by atoms with Crippen LogP contribution in [0.2, 0.25) is 0 Å². The predicted octanol–water partition coefficient (Wildman–Crippen LogP) is 2.21. The zero-order valence-electron chi connectivity index (χ0n) is 11.4. The number of hydrogen-bond donors (Lipinski definition) is 2. The topological polar surface area (TPSA) is 44.4 Å². The minimum absolute atomic E-state index is 0.0645. The fraction of sp³-hybridized carbons (Fsp3) is 0.533. The van der Waals surface area contributed by atoms with Gasteiger partial charge in [0.15, 0.2) is 0 Å². The number of halogens is 1. The molecule has 1 amide bonds. The summed E-state index contributed by atoms with van der Waals surface area (Å²) in [7, 11) is 0. The van der Waals surface area contributed by atoms with Gasteiger partial charge in [-0.2, -0.15) is 0 Å². The van der Waals surface area contributed by atoms with Gasteiger partial charge in [0.05, 0.1) is 12.2 Å². The summed E-state index contributed by atoms with van der Waals surface area (Å²) in [6.07, 6.45) is 3.69. The van der Waals surface area contributed by atoms with E-state index in [4.69, 9.17) is 0 Å². The lowest BCUT2D eigenvalue weighted by molar-refractivity contribution is -0.117. The Kier molecular flexibility index (Phi) is 4.38. The number of benzene rings is 1. The minimum atomic E-state index is 0.0645. The Morgan fingerprint density at radius 1 is 1.30 bits per heavy atom. The van der Waals surface area contributed by atoms with Gasteiger partial charge in [-0.3, -0.25) is 9.69 Å². The molecule has 20 heavy (non-hydrogen) atoms. The lowest BCUT2D eigenvalue weighted by atomic mass is 10.1. The Hall–Kier alpha value is -0.910. The van der Waals surface area contributed by atoms with Crippen LogP contribution in [0.4, 0.5) is 5.69 Å². The summed E-state index contributed by atoms with van der Waals surface area (Å²) < 4.78 is 0.921. The van der Waals surface area contributed by atoms with Crippen LogP contribution in [0.15, 0.2) is 28.7 Å². The zero-order valence-corrected chi connectivity index (χ0v) is 13.0. The average molecular weight is 338 g/mol. The maximum absolute atomic E-state index is 12.2. The second-order valence-electron chi connectivity index (χ2n) is 5.69. The third kappa shape index (κ3) is 3.40. The first-order chi connectivity index (χ1) is 9.70. The van der Waals surface area contributed by atoms with E-state index in [-0.39, 0.29) is 5.91 Å². The van der Waals surface area contributed by atoms with Crippen molar-refractivity contribution in [2.75, 3.05) is 25.0 Å². The van der Waals surface area contributed by atoms with Gasteiger partial charge in [-0.15, -0.1) is 0 Å². The molecular formula is C15H20BrN3O. The highest BCUT2D eigenvalue weighted by Crippen LogP contribution is 2.22. The molecule has 2 heterocycles. The number of rotatable bonds is 3. The van der Waals surface area contributed by atoms with Crippen molar-refractivity contribution in [1.82, 2.24) is 10.2 Å². The van der Waals surface area contributed by atoms with E-state index in [0.29, 0.717) is 18.6 Å². The normalized spacial score (nSPS) is 26.2. The maximum atomic E-state index is 12.2. The van der Waals surface area contributed by atoms with Crippen molar-refractivity contribution >= 4 is 27.5 Å². The molecule has 3 rings (SSSR count). The van der Waals surface area contributed by atoms with Gasteiger partial charge in [-0.05, 0) is 47.3 Å². The van der Waals surface area contributed by atoms with Gasteiger partial charge < -0.3 is 10.6 Å². The smallest absolute Gasteiger partial charge is 0.238 e. The summed E-state index contributed by atoms with van der Waals surface area (Å²) in [4.78, 5) is 14.4. The summed E-state index contributed by atoms with van der Waals surface area (Å²) >= 11 is 3.45. The van der Waals surface area contributed by atoms with Crippen LogP contribution >= 0.6 is 15.9 Å². The molecule has 1 aromatic carbocycles. The van der Waals surface area contributed by atoms with Crippen molar-refractivity contribution in [3.63, 3.8) is 0 Å². The van der Waals surface area contributed by atoms with Crippen LogP contribution in [-0.2, 0) is 4.79 Å². The molecular weight excluding hydrogens is 318 g/mol. The maximum Gasteiger partial charge on any atom is 0.238 e. The van der Waals surface area contributed by atoms with E-state index in [9.17, 15) is 4.79 Å². The van der Waals surface area contributed by atoms with Crippen LogP contribution in [0.3, 0.4) is 0 Å². The quantitative estimate of drug-likeness (QED) is 0.888. The Bertz CT molecular complexity index is 494. The molecule has 2 fully saturated rings. The lowest BCUT2D eigenvalue weighted by Gasteiger charge is -2.23. The van der Waals surface area contributed by atoms with Crippen LogP contribution in [-0.4, -0.2) is 42.5 Å². The molecule has 4 nitrogen and oxygen atoms in total. The molecule has 0 aliphatic carbocycles. The number of carbonyl (C=O) groups excluding carboxylic acids is 1. The highest BCUT2D eigenvalue weighted by Gasteiger charge is 2.29. The summed E-state index contributed by atoms with van der Waals surface area (Å²) in [6.45, 7) is 2.48. The van der Waals surface area contributed by atoms with Crippen molar-refractivity contribution in [1.29, 1.82) is 0 Å². The van der Waals surface area contributed by atoms with Gasteiger partial charge in [-0.25, -0.2) is 0 Å². The van der Waals surface area contributed by atoms with E-state index in [1.165, 1.54) is 12.8 Å². The fourth-order valence-corrected chi connectivity index (χ4v) is 3.50. The average Bonchev–Trinajstić information content (AvgIpc) is 2.76. The Balaban J connectivity index is 1.55. The predicted molar refractivity (Wildman–Crippen MR) is 83.8 cm³/mol. The van der Waals surface area contributed by atoms with Crippen LogP contribution in [0.25, 0.3) is 0 Å². The molecule has 2 saturated heterocycles. The summed E-state index contributed by atoms with van der Waals surface area (Å²) in [6, 6.07) is 8.94. The van der Waals surface area contributed by atoms with Crippen molar-refractivity contribution in [2.24, 2.45) is 0 Å².